The number of benzene rings is 3. The van der Waals surface area contributed by atoms with Gasteiger partial charge in [-0.1, -0.05) is 41.9 Å². The second-order valence-corrected chi connectivity index (χ2v) is 7.41. The lowest BCUT2D eigenvalue weighted by Crippen LogP contribution is -2.20. The SMILES string of the molecule is Cc1cccc(NC(=O)/C(C#N)=C/c2ccc(OCC(=O)Nc3ccccc3F)c(Cl)c2)c1. The lowest BCUT2D eigenvalue weighted by molar-refractivity contribution is -0.118. The summed E-state index contributed by atoms with van der Waals surface area (Å²) in [6, 6.07) is 19.5. The van der Waals surface area contributed by atoms with Crippen LogP contribution in [0.2, 0.25) is 5.02 Å². The highest BCUT2D eigenvalue weighted by Crippen LogP contribution is 2.27. The Labute approximate surface area is 195 Å². The molecule has 0 unspecified atom stereocenters. The number of carbonyl (C=O) groups is 2. The Bertz CT molecular complexity index is 1270. The highest BCUT2D eigenvalue weighted by molar-refractivity contribution is 6.32. The minimum absolute atomic E-state index is 0.0469. The molecule has 3 aromatic rings. The van der Waals surface area contributed by atoms with E-state index in [0.717, 1.165) is 5.56 Å². The molecule has 0 spiro atoms. The number of carbonyl (C=O) groups excluding carboxylic acids is 2. The standard InChI is InChI=1S/C25H19ClFN3O3/c1-16-5-4-6-19(11-16)29-25(32)18(14-28)12-17-9-10-23(20(26)13-17)33-15-24(31)30-22-8-3-2-7-21(22)27/h2-13H,15H2,1H3,(H,29,32)(H,30,31)/b18-12+. The fourth-order valence-corrected chi connectivity index (χ4v) is 3.10. The number of nitrogens with zero attached hydrogens (tertiary/aromatic N) is 1. The maximum absolute atomic E-state index is 13.6. The van der Waals surface area contributed by atoms with E-state index in [0.29, 0.717) is 11.3 Å². The monoisotopic (exact) mass is 463 g/mol. The average molecular weight is 464 g/mol. The number of hydrogen-bond donors (Lipinski definition) is 2. The topological polar surface area (TPSA) is 91.2 Å². The van der Waals surface area contributed by atoms with Crippen LogP contribution in [-0.4, -0.2) is 18.4 Å². The molecule has 0 aromatic heterocycles. The molecule has 6 nitrogen and oxygen atoms in total. The molecule has 166 valence electrons. The molecule has 0 atom stereocenters. The average Bonchev–Trinajstić information content (AvgIpc) is 2.78. The van der Waals surface area contributed by atoms with Crippen molar-refractivity contribution < 1.29 is 18.7 Å². The van der Waals surface area contributed by atoms with Crippen molar-refractivity contribution in [3.05, 3.63) is 94.3 Å². The van der Waals surface area contributed by atoms with Gasteiger partial charge in [0.2, 0.25) is 0 Å². The van der Waals surface area contributed by atoms with Crippen molar-refractivity contribution in [2.75, 3.05) is 17.2 Å². The number of ether oxygens (including phenoxy) is 1. The predicted octanol–water partition coefficient (Wildman–Crippen LogP) is 5.35. The zero-order valence-electron chi connectivity index (χ0n) is 17.6. The molecule has 8 heteroatoms. The number of hydrogen-bond acceptors (Lipinski definition) is 4. The number of rotatable bonds is 7. The van der Waals surface area contributed by atoms with Crippen LogP contribution >= 0.6 is 11.6 Å². The molecule has 33 heavy (non-hydrogen) atoms. The van der Waals surface area contributed by atoms with Crippen LogP contribution in [0, 0.1) is 24.1 Å². The minimum atomic E-state index is -0.556. The summed E-state index contributed by atoms with van der Waals surface area (Å²) >= 11 is 6.22. The van der Waals surface area contributed by atoms with Gasteiger partial charge in [-0.3, -0.25) is 9.59 Å². The van der Waals surface area contributed by atoms with Crippen molar-refractivity contribution in [1.82, 2.24) is 0 Å². The second kappa shape index (κ2) is 10.9. The molecule has 0 aliphatic rings. The van der Waals surface area contributed by atoms with Gasteiger partial charge in [-0.15, -0.1) is 0 Å². The van der Waals surface area contributed by atoms with Gasteiger partial charge < -0.3 is 15.4 Å². The lowest BCUT2D eigenvalue weighted by Gasteiger charge is -2.10. The highest BCUT2D eigenvalue weighted by atomic mass is 35.5. The molecule has 0 bridgehead atoms. The van der Waals surface area contributed by atoms with Gasteiger partial charge >= 0.3 is 0 Å². The Balaban J connectivity index is 1.64. The van der Waals surface area contributed by atoms with Crippen molar-refractivity contribution in [2.24, 2.45) is 0 Å². The first-order chi connectivity index (χ1) is 15.9. The third-order valence-corrected chi connectivity index (χ3v) is 4.71. The summed E-state index contributed by atoms with van der Waals surface area (Å²) in [7, 11) is 0. The summed E-state index contributed by atoms with van der Waals surface area (Å²) in [6.45, 7) is 1.51. The highest BCUT2D eigenvalue weighted by Gasteiger charge is 2.12. The number of aryl methyl sites for hydroxylation is 1. The fourth-order valence-electron chi connectivity index (χ4n) is 2.85. The second-order valence-electron chi connectivity index (χ2n) is 7.00. The maximum atomic E-state index is 13.6. The molecule has 0 fully saturated rings. The van der Waals surface area contributed by atoms with Crippen molar-refractivity contribution in [2.45, 2.75) is 6.92 Å². The molecule has 0 heterocycles. The Morgan fingerprint density at radius 2 is 1.88 bits per heavy atom. The quantitative estimate of drug-likeness (QED) is 0.365. The van der Waals surface area contributed by atoms with Gasteiger partial charge in [0.1, 0.15) is 23.2 Å². The summed E-state index contributed by atoms with van der Waals surface area (Å²) in [5, 5.41) is 14.7. The molecule has 2 amide bonds. The van der Waals surface area contributed by atoms with Gasteiger partial charge in [0.15, 0.2) is 6.61 Å². The van der Waals surface area contributed by atoms with E-state index in [-0.39, 0.29) is 28.6 Å². The van der Waals surface area contributed by atoms with Crippen LogP contribution in [0.4, 0.5) is 15.8 Å². The molecular weight excluding hydrogens is 445 g/mol. The maximum Gasteiger partial charge on any atom is 0.266 e. The molecule has 0 aliphatic heterocycles. The van der Waals surface area contributed by atoms with Crippen LogP contribution in [-0.2, 0) is 9.59 Å². The molecule has 2 N–H and O–H groups in total. The fraction of sp³-hybridized carbons (Fsp3) is 0.0800. The molecule has 0 radical (unpaired) electrons. The van der Waals surface area contributed by atoms with E-state index in [4.69, 9.17) is 16.3 Å². The van der Waals surface area contributed by atoms with Gasteiger partial charge in [-0.05, 0) is 60.5 Å². The third kappa shape index (κ3) is 6.66. The Morgan fingerprint density at radius 3 is 2.58 bits per heavy atom. The zero-order chi connectivity index (χ0) is 23.8. The summed E-state index contributed by atoms with van der Waals surface area (Å²) in [6.07, 6.45) is 1.39. The largest absolute Gasteiger partial charge is 0.482 e. The van der Waals surface area contributed by atoms with E-state index < -0.39 is 17.6 Å². The Kier molecular flexibility index (Phi) is 7.79. The molecule has 0 aliphatic carbocycles. The van der Waals surface area contributed by atoms with E-state index in [1.165, 1.54) is 36.4 Å². The van der Waals surface area contributed by atoms with Crippen LogP contribution in [0.5, 0.6) is 5.75 Å². The number of nitrogens with one attached hydrogen (secondary N) is 2. The van der Waals surface area contributed by atoms with Crippen molar-refractivity contribution >= 4 is 40.9 Å². The van der Waals surface area contributed by atoms with Crippen molar-refractivity contribution in [3.8, 4) is 11.8 Å². The van der Waals surface area contributed by atoms with Gasteiger partial charge in [0.25, 0.3) is 11.8 Å². The number of anilines is 2. The van der Waals surface area contributed by atoms with Crippen LogP contribution in [0.15, 0.2) is 72.3 Å². The van der Waals surface area contributed by atoms with E-state index >= 15 is 0 Å². The van der Waals surface area contributed by atoms with Gasteiger partial charge in [0, 0.05) is 5.69 Å². The minimum Gasteiger partial charge on any atom is -0.482 e. The molecular formula is C25H19ClFN3O3. The van der Waals surface area contributed by atoms with Gasteiger partial charge in [0.05, 0.1) is 10.7 Å². The first kappa shape index (κ1) is 23.5. The van der Waals surface area contributed by atoms with E-state index in [1.807, 2.05) is 19.1 Å². The molecule has 0 saturated carbocycles. The van der Waals surface area contributed by atoms with Gasteiger partial charge in [-0.25, -0.2) is 4.39 Å². The predicted molar refractivity (Wildman–Crippen MR) is 125 cm³/mol. The van der Waals surface area contributed by atoms with E-state index in [9.17, 15) is 19.2 Å². The third-order valence-electron chi connectivity index (χ3n) is 4.41. The smallest absolute Gasteiger partial charge is 0.266 e. The molecule has 3 rings (SSSR count). The normalized spacial score (nSPS) is 10.8. The summed E-state index contributed by atoms with van der Waals surface area (Å²) in [5.41, 5.74) is 1.99. The summed E-state index contributed by atoms with van der Waals surface area (Å²) in [5.74, 6) is -1.44. The Morgan fingerprint density at radius 1 is 1.09 bits per heavy atom. The van der Waals surface area contributed by atoms with Gasteiger partial charge in [-0.2, -0.15) is 5.26 Å². The van der Waals surface area contributed by atoms with E-state index in [1.54, 1.807) is 30.3 Å². The Hall–Kier alpha value is -4.15. The van der Waals surface area contributed by atoms with Crippen molar-refractivity contribution in [1.29, 1.82) is 5.26 Å². The van der Waals surface area contributed by atoms with Crippen LogP contribution in [0.3, 0.4) is 0 Å². The number of halogens is 2. The lowest BCUT2D eigenvalue weighted by atomic mass is 10.1. The summed E-state index contributed by atoms with van der Waals surface area (Å²) in [4.78, 5) is 24.4. The van der Waals surface area contributed by atoms with E-state index in [2.05, 4.69) is 10.6 Å². The number of amides is 2. The first-order valence-electron chi connectivity index (χ1n) is 9.82. The summed E-state index contributed by atoms with van der Waals surface area (Å²) < 4.78 is 19.0. The molecule has 0 saturated heterocycles. The van der Waals surface area contributed by atoms with Crippen molar-refractivity contribution in [3.63, 3.8) is 0 Å². The number of nitriles is 1. The molecule has 3 aromatic carbocycles. The van der Waals surface area contributed by atoms with Crippen LogP contribution < -0.4 is 15.4 Å². The van der Waals surface area contributed by atoms with Crippen LogP contribution in [0.25, 0.3) is 6.08 Å². The first-order valence-corrected chi connectivity index (χ1v) is 10.2. The zero-order valence-corrected chi connectivity index (χ0v) is 18.3. The van der Waals surface area contributed by atoms with Crippen LogP contribution in [0.1, 0.15) is 11.1 Å². The number of para-hydroxylation sites is 1.